The number of thioether (sulfide) groups is 1. The molecule has 1 aliphatic rings. The van der Waals surface area contributed by atoms with E-state index in [1.807, 2.05) is 0 Å². The van der Waals surface area contributed by atoms with Crippen molar-refractivity contribution in [2.24, 2.45) is 0 Å². The lowest BCUT2D eigenvalue weighted by atomic mass is 10.6. The Kier molecular flexibility index (Phi) is 2.69. The van der Waals surface area contributed by atoms with E-state index in [0.717, 1.165) is 5.75 Å². The van der Waals surface area contributed by atoms with E-state index in [0.29, 0.717) is 13.2 Å². The van der Waals surface area contributed by atoms with Gasteiger partial charge in [-0.2, -0.15) is 5.10 Å². The van der Waals surface area contributed by atoms with Gasteiger partial charge in [0.2, 0.25) is 0 Å². The first-order valence-corrected chi connectivity index (χ1v) is 5.19. The highest BCUT2D eigenvalue weighted by atomic mass is 32.2. The Bertz CT molecular complexity index is 421. The molecule has 1 atom stereocenters. The Labute approximate surface area is 83.3 Å². The van der Waals surface area contributed by atoms with E-state index in [9.17, 15) is 9.59 Å². The van der Waals surface area contributed by atoms with Crippen LogP contribution in [0.25, 0.3) is 0 Å². The van der Waals surface area contributed by atoms with Gasteiger partial charge < -0.3 is 4.74 Å². The smallest absolute Gasteiger partial charge is 0.330 e. The summed E-state index contributed by atoms with van der Waals surface area (Å²) in [6, 6.07) is 0. The fraction of sp³-hybridized carbons (Fsp3) is 0.571. The molecule has 1 aromatic rings. The minimum atomic E-state index is -0.699. The summed E-state index contributed by atoms with van der Waals surface area (Å²) in [5.74, 6) is 0.927. The molecule has 1 N–H and O–H groups in total. The quantitative estimate of drug-likeness (QED) is 0.642. The molecule has 2 rings (SSSR count). The van der Waals surface area contributed by atoms with Crippen molar-refractivity contribution in [1.82, 2.24) is 14.8 Å². The van der Waals surface area contributed by atoms with Crippen LogP contribution in [0.15, 0.2) is 15.9 Å². The molecule has 0 spiro atoms. The topological polar surface area (TPSA) is 77.0 Å². The fourth-order valence-electron chi connectivity index (χ4n) is 1.19. The molecule has 1 fully saturated rings. The Balaban J connectivity index is 2.20. The zero-order valence-electron chi connectivity index (χ0n) is 7.30. The van der Waals surface area contributed by atoms with Gasteiger partial charge in [-0.1, -0.05) is 0 Å². The molecule has 0 radical (unpaired) electrons. The molecule has 6 nitrogen and oxygen atoms in total. The van der Waals surface area contributed by atoms with Crippen LogP contribution in [-0.4, -0.2) is 32.6 Å². The number of aromatic amines is 1. The van der Waals surface area contributed by atoms with Crippen molar-refractivity contribution in [2.45, 2.75) is 12.0 Å². The Hall–Kier alpha value is -1.08. The van der Waals surface area contributed by atoms with Crippen LogP contribution in [0, 0.1) is 0 Å². The van der Waals surface area contributed by atoms with Crippen molar-refractivity contribution in [3.63, 3.8) is 0 Å². The second kappa shape index (κ2) is 3.97. The lowest BCUT2D eigenvalue weighted by Gasteiger charge is -2.08. The van der Waals surface area contributed by atoms with Crippen LogP contribution in [-0.2, 0) is 11.3 Å². The van der Waals surface area contributed by atoms with E-state index in [-0.39, 0.29) is 5.44 Å². The number of rotatable bonds is 2. The molecular formula is C7H9N3O3S. The van der Waals surface area contributed by atoms with E-state index < -0.39 is 11.1 Å². The van der Waals surface area contributed by atoms with Crippen molar-refractivity contribution in [3.05, 3.63) is 27.0 Å². The summed E-state index contributed by atoms with van der Waals surface area (Å²) >= 11 is 1.63. The molecule has 0 amide bonds. The average molecular weight is 215 g/mol. The molecule has 7 heteroatoms. The van der Waals surface area contributed by atoms with Crippen LogP contribution in [0.1, 0.15) is 0 Å². The molecule has 76 valence electrons. The van der Waals surface area contributed by atoms with Gasteiger partial charge in [-0.3, -0.25) is 14.2 Å². The first-order chi connectivity index (χ1) is 6.77. The largest absolute Gasteiger partial charge is 0.365 e. The third-order valence-electron chi connectivity index (χ3n) is 1.85. The minimum Gasteiger partial charge on any atom is -0.365 e. The van der Waals surface area contributed by atoms with Crippen LogP contribution in [0.4, 0.5) is 0 Å². The molecule has 1 aliphatic heterocycles. The van der Waals surface area contributed by atoms with Gasteiger partial charge in [0.1, 0.15) is 11.8 Å². The van der Waals surface area contributed by atoms with Crippen LogP contribution in [0.3, 0.4) is 0 Å². The second-order valence-electron chi connectivity index (χ2n) is 2.81. The number of ether oxygens (including phenoxy) is 1. The molecule has 1 saturated heterocycles. The summed E-state index contributed by atoms with van der Waals surface area (Å²) < 4.78 is 6.58. The van der Waals surface area contributed by atoms with Gasteiger partial charge in [-0.25, -0.2) is 5.10 Å². The Morgan fingerprint density at radius 1 is 1.71 bits per heavy atom. The summed E-state index contributed by atoms with van der Waals surface area (Å²) in [7, 11) is 0. The summed E-state index contributed by atoms with van der Waals surface area (Å²) in [5, 5.41) is 5.63. The lowest BCUT2D eigenvalue weighted by molar-refractivity contribution is 0.129. The first kappa shape index (κ1) is 9.47. The maximum absolute atomic E-state index is 11.3. The first-order valence-electron chi connectivity index (χ1n) is 4.15. The number of nitrogens with one attached hydrogen (secondary N) is 1. The van der Waals surface area contributed by atoms with Crippen molar-refractivity contribution in [2.75, 3.05) is 12.4 Å². The maximum atomic E-state index is 11.3. The Morgan fingerprint density at radius 3 is 3.29 bits per heavy atom. The summed E-state index contributed by atoms with van der Waals surface area (Å²) in [6.07, 6.45) is 1.31. The number of aromatic nitrogens is 3. The van der Waals surface area contributed by atoms with Crippen molar-refractivity contribution < 1.29 is 4.74 Å². The highest BCUT2D eigenvalue weighted by Gasteiger charge is 2.17. The van der Waals surface area contributed by atoms with E-state index in [1.54, 1.807) is 11.8 Å². The lowest BCUT2D eigenvalue weighted by Crippen LogP contribution is -2.38. The third-order valence-corrected chi connectivity index (χ3v) is 2.91. The van der Waals surface area contributed by atoms with Gasteiger partial charge in [0.05, 0.1) is 13.2 Å². The third kappa shape index (κ3) is 1.88. The summed E-state index contributed by atoms with van der Waals surface area (Å²) in [4.78, 5) is 22.2. The zero-order chi connectivity index (χ0) is 9.97. The monoisotopic (exact) mass is 215 g/mol. The molecule has 14 heavy (non-hydrogen) atoms. The SMILES string of the molecule is O=c1[nH]ncn(CC2OCCS2)c1=O. The van der Waals surface area contributed by atoms with Gasteiger partial charge in [0, 0.05) is 5.75 Å². The van der Waals surface area contributed by atoms with E-state index in [4.69, 9.17) is 4.74 Å². The van der Waals surface area contributed by atoms with E-state index in [2.05, 4.69) is 10.2 Å². The molecule has 1 aromatic heterocycles. The van der Waals surface area contributed by atoms with Gasteiger partial charge in [0.25, 0.3) is 0 Å². The number of H-pyrrole nitrogens is 1. The molecule has 0 bridgehead atoms. The van der Waals surface area contributed by atoms with Gasteiger partial charge in [0.15, 0.2) is 0 Å². The van der Waals surface area contributed by atoms with E-state index >= 15 is 0 Å². The minimum absolute atomic E-state index is 0.0451. The van der Waals surface area contributed by atoms with Crippen LogP contribution < -0.4 is 11.1 Å². The van der Waals surface area contributed by atoms with Crippen LogP contribution in [0.5, 0.6) is 0 Å². The maximum Gasteiger partial charge on any atom is 0.330 e. The molecular weight excluding hydrogens is 206 g/mol. The normalized spacial score (nSPS) is 21.3. The van der Waals surface area contributed by atoms with Gasteiger partial charge in [-0.15, -0.1) is 11.8 Å². The summed E-state index contributed by atoms with van der Waals surface area (Å²) in [5.41, 5.74) is -1.33. The Morgan fingerprint density at radius 2 is 2.57 bits per heavy atom. The zero-order valence-corrected chi connectivity index (χ0v) is 8.12. The van der Waals surface area contributed by atoms with Crippen molar-refractivity contribution >= 4 is 11.8 Å². The average Bonchev–Trinajstić information content (AvgIpc) is 2.66. The fourth-order valence-corrected chi connectivity index (χ4v) is 2.10. The molecule has 0 saturated carbocycles. The van der Waals surface area contributed by atoms with Crippen molar-refractivity contribution in [1.29, 1.82) is 0 Å². The molecule has 0 aliphatic carbocycles. The van der Waals surface area contributed by atoms with Crippen LogP contribution in [0.2, 0.25) is 0 Å². The number of hydrogen-bond donors (Lipinski definition) is 1. The predicted molar refractivity (Wildman–Crippen MR) is 51.3 cm³/mol. The van der Waals surface area contributed by atoms with Crippen molar-refractivity contribution in [3.8, 4) is 0 Å². The molecule has 2 heterocycles. The van der Waals surface area contributed by atoms with E-state index in [1.165, 1.54) is 10.9 Å². The standard InChI is InChI=1S/C7H9N3O3S/c11-6-7(12)10(4-8-9-6)3-5-13-1-2-14-5/h4-5H,1-3H2,(H,9,11). The van der Waals surface area contributed by atoms with Crippen LogP contribution >= 0.6 is 11.8 Å². The molecule has 1 unspecified atom stereocenters. The van der Waals surface area contributed by atoms with Gasteiger partial charge >= 0.3 is 11.1 Å². The predicted octanol–water partition coefficient (Wildman–Crippen LogP) is -0.979. The molecule has 0 aromatic carbocycles. The highest BCUT2D eigenvalue weighted by molar-refractivity contribution is 7.99. The second-order valence-corrected chi connectivity index (χ2v) is 4.08. The number of hydrogen-bond acceptors (Lipinski definition) is 5. The summed E-state index contributed by atoms with van der Waals surface area (Å²) in [6.45, 7) is 1.07. The highest BCUT2D eigenvalue weighted by Crippen LogP contribution is 2.20. The number of nitrogens with zero attached hydrogens (tertiary/aromatic N) is 2. The van der Waals surface area contributed by atoms with Gasteiger partial charge in [-0.05, 0) is 0 Å².